The van der Waals surface area contributed by atoms with Crippen molar-refractivity contribution in [3.8, 4) is 22.5 Å². The van der Waals surface area contributed by atoms with Gasteiger partial charge in [-0.15, -0.1) is 21.5 Å². The van der Waals surface area contributed by atoms with Crippen molar-refractivity contribution < 1.29 is 4.39 Å². The molecule has 0 fully saturated rings. The first-order valence-electron chi connectivity index (χ1n) is 9.06. The van der Waals surface area contributed by atoms with Gasteiger partial charge in [0.2, 0.25) is 0 Å². The molecular formula is C23H15FN4S. The van der Waals surface area contributed by atoms with Crippen molar-refractivity contribution >= 4 is 33.1 Å². The summed E-state index contributed by atoms with van der Waals surface area (Å²) in [6, 6.07) is 24.5. The minimum atomic E-state index is -0.272. The molecule has 0 aliphatic carbocycles. The topological polar surface area (TPSA) is 50.7 Å². The van der Waals surface area contributed by atoms with Crippen LogP contribution in [0.4, 0.5) is 15.3 Å². The number of fused-ring (bicyclic) bond motifs is 1. The second-order valence-electron chi connectivity index (χ2n) is 6.54. The standard InChI is InChI=1S/C23H15FN4S/c24-19-9-7-16(8-10-19)20-11-12-22(28-27-20)26-23-25-21(14-29-23)18-6-5-15-3-1-2-4-17(15)13-18/h1-14H,(H,25,26,28). The molecule has 0 unspecified atom stereocenters. The molecular weight excluding hydrogens is 383 g/mol. The number of nitrogens with zero attached hydrogens (tertiary/aromatic N) is 3. The van der Waals surface area contributed by atoms with E-state index in [1.165, 1.54) is 34.2 Å². The van der Waals surface area contributed by atoms with Crippen LogP contribution in [0.15, 0.2) is 84.2 Å². The van der Waals surface area contributed by atoms with Crippen molar-refractivity contribution in [3.05, 3.63) is 90.1 Å². The predicted octanol–water partition coefficient (Wildman–Crippen LogP) is 6.30. The summed E-state index contributed by atoms with van der Waals surface area (Å²) >= 11 is 1.52. The van der Waals surface area contributed by atoms with Gasteiger partial charge in [0.05, 0.1) is 11.4 Å². The highest BCUT2D eigenvalue weighted by Crippen LogP contribution is 2.29. The Hall–Kier alpha value is -3.64. The molecule has 0 radical (unpaired) electrons. The van der Waals surface area contributed by atoms with E-state index in [9.17, 15) is 4.39 Å². The second-order valence-corrected chi connectivity index (χ2v) is 7.39. The van der Waals surface area contributed by atoms with E-state index in [4.69, 9.17) is 0 Å². The molecule has 0 amide bonds. The predicted molar refractivity (Wildman–Crippen MR) is 116 cm³/mol. The molecule has 6 heteroatoms. The highest BCUT2D eigenvalue weighted by Gasteiger charge is 2.07. The zero-order chi connectivity index (χ0) is 19.6. The maximum absolute atomic E-state index is 13.1. The van der Waals surface area contributed by atoms with E-state index in [0.29, 0.717) is 11.5 Å². The molecule has 0 aliphatic heterocycles. The monoisotopic (exact) mass is 398 g/mol. The van der Waals surface area contributed by atoms with E-state index in [-0.39, 0.29) is 5.82 Å². The van der Waals surface area contributed by atoms with Crippen molar-refractivity contribution in [3.63, 3.8) is 0 Å². The minimum Gasteiger partial charge on any atom is -0.315 e. The molecule has 4 nitrogen and oxygen atoms in total. The Morgan fingerprint density at radius 3 is 2.31 bits per heavy atom. The molecule has 2 aromatic heterocycles. The summed E-state index contributed by atoms with van der Waals surface area (Å²) in [5.41, 5.74) is 3.50. The zero-order valence-corrected chi connectivity index (χ0v) is 16.0. The van der Waals surface area contributed by atoms with Crippen molar-refractivity contribution in [2.75, 3.05) is 5.32 Å². The molecule has 0 spiro atoms. The number of rotatable bonds is 4. The summed E-state index contributed by atoms with van der Waals surface area (Å²) in [6.45, 7) is 0. The van der Waals surface area contributed by atoms with Crippen molar-refractivity contribution in [1.82, 2.24) is 15.2 Å². The van der Waals surface area contributed by atoms with E-state index in [0.717, 1.165) is 22.0 Å². The third-order valence-electron chi connectivity index (χ3n) is 4.59. The van der Waals surface area contributed by atoms with Gasteiger partial charge in [0.15, 0.2) is 10.9 Å². The number of nitrogens with one attached hydrogen (secondary N) is 1. The fourth-order valence-corrected chi connectivity index (χ4v) is 3.82. The smallest absolute Gasteiger partial charge is 0.188 e. The summed E-state index contributed by atoms with van der Waals surface area (Å²) in [7, 11) is 0. The van der Waals surface area contributed by atoms with Crippen LogP contribution >= 0.6 is 11.3 Å². The first kappa shape index (κ1) is 17.5. The number of hydrogen-bond acceptors (Lipinski definition) is 5. The van der Waals surface area contributed by atoms with Crippen LogP contribution in [0.5, 0.6) is 0 Å². The van der Waals surface area contributed by atoms with Crippen LogP contribution in [0.25, 0.3) is 33.3 Å². The molecule has 5 aromatic rings. The van der Waals surface area contributed by atoms with Crippen LogP contribution in [0.1, 0.15) is 0 Å². The van der Waals surface area contributed by atoms with Crippen LogP contribution in [0.2, 0.25) is 0 Å². The van der Waals surface area contributed by atoms with Gasteiger partial charge in [-0.3, -0.25) is 0 Å². The Morgan fingerprint density at radius 2 is 1.52 bits per heavy atom. The van der Waals surface area contributed by atoms with Crippen molar-refractivity contribution in [1.29, 1.82) is 0 Å². The van der Waals surface area contributed by atoms with Crippen LogP contribution in [0.3, 0.4) is 0 Å². The van der Waals surface area contributed by atoms with Gasteiger partial charge in [-0.2, -0.15) is 0 Å². The lowest BCUT2D eigenvalue weighted by molar-refractivity contribution is 0.628. The Bertz CT molecular complexity index is 1280. The molecule has 5 rings (SSSR count). The molecule has 0 saturated heterocycles. The van der Waals surface area contributed by atoms with Gasteiger partial charge in [-0.25, -0.2) is 9.37 Å². The van der Waals surface area contributed by atoms with Gasteiger partial charge < -0.3 is 5.32 Å². The largest absolute Gasteiger partial charge is 0.315 e. The fourth-order valence-electron chi connectivity index (χ4n) is 3.10. The molecule has 29 heavy (non-hydrogen) atoms. The first-order valence-corrected chi connectivity index (χ1v) is 9.94. The SMILES string of the molecule is Fc1ccc(-c2ccc(Nc3nc(-c4ccc5ccccc5c4)cs3)nn2)cc1. The average Bonchev–Trinajstić information content (AvgIpc) is 3.23. The molecule has 0 saturated carbocycles. The fraction of sp³-hybridized carbons (Fsp3) is 0. The van der Waals surface area contributed by atoms with E-state index in [1.54, 1.807) is 12.1 Å². The summed E-state index contributed by atoms with van der Waals surface area (Å²) < 4.78 is 13.1. The number of hydrogen-bond donors (Lipinski definition) is 1. The lowest BCUT2D eigenvalue weighted by atomic mass is 10.1. The van der Waals surface area contributed by atoms with Gasteiger partial charge in [0, 0.05) is 16.5 Å². The van der Waals surface area contributed by atoms with E-state index in [1.807, 2.05) is 29.6 Å². The van der Waals surface area contributed by atoms with Crippen molar-refractivity contribution in [2.24, 2.45) is 0 Å². The summed E-state index contributed by atoms with van der Waals surface area (Å²) in [5.74, 6) is 0.334. The maximum Gasteiger partial charge on any atom is 0.188 e. The summed E-state index contributed by atoms with van der Waals surface area (Å²) in [6.07, 6.45) is 0. The molecule has 2 heterocycles. The van der Waals surface area contributed by atoms with Gasteiger partial charge >= 0.3 is 0 Å². The first-order chi connectivity index (χ1) is 14.2. The summed E-state index contributed by atoms with van der Waals surface area (Å²) in [5, 5.41) is 16.8. The summed E-state index contributed by atoms with van der Waals surface area (Å²) in [4.78, 5) is 4.67. The Kier molecular flexibility index (Phi) is 4.46. The Morgan fingerprint density at radius 1 is 0.724 bits per heavy atom. The molecule has 0 aliphatic rings. The third kappa shape index (κ3) is 3.70. The number of benzene rings is 3. The van der Waals surface area contributed by atoms with Gasteiger partial charge in [-0.05, 0) is 53.2 Å². The maximum atomic E-state index is 13.1. The van der Waals surface area contributed by atoms with E-state index in [2.05, 4.69) is 50.8 Å². The van der Waals surface area contributed by atoms with E-state index >= 15 is 0 Å². The van der Waals surface area contributed by atoms with Crippen LogP contribution < -0.4 is 5.32 Å². The molecule has 1 N–H and O–H groups in total. The zero-order valence-electron chi connectivity index (χ0n) is 15.2. The number of aromatic nitrogens is 3. The Labute approximate surface area is 170 Å². The third-order valence-corrected chi connectivity index (χ3v) is 5.35. The average molecular weight is 398 g/mol. The van der Waals surface area contributed by atoms with Crippen LogP contribution in [-0.2, 0) is 0 Å². The molecule has 3 aromatic carbocycles. The highest BCUT2D eigenvalue weighted by molar-refractivity contribution is 7.14. The quantitative estimate of drug-likeness (QED) is 0.386. The van der Waals surface area contributed by atoms with Crippen LogP contribution in [-0.4, -0.2) is 15.2 Å². The Balaban J connectivity index is 1.34. The molecule has 0 atom stereocenters. The van der Waals surface area contributed by atoms with E-state index < -0.39 is 0 Å². The lowest BCUT2D eigenvalue weighted by Gasteiger charge is -2.03. The van der Waals surface area contributed by atoms with Crippen molar-refractivity contribution in [2.45, 2.75) is 0 Å². The highest BCUT2D eigenvalue weighted by atomic mass is 32.1. The van der Waals surface area contributed by atoms with Gasteiger partial charge in [-0.1, -0.05) is 36.4 Å². The molecule has 140 valence electrons. The second kappa shape index (κ2) is 7.41. The number of anilines is 2. The number of halogens is 1. The van der Waals surface area contributed by atoms with Gasteiger partial charge in [0.1, 0.15) is 5.82 Å². The normalized spacial score (nSPS) is 10.9. The number of thiazole rings is 1. The molecule has 0 bridgehead atoms. The van der Waals surface area contributed by atoms with Crippen LogP contribution in [0, 0.1) is 5.82 Å². The minimum absolute atomic E-state index is 0.272. The van der Waals surface area contributed by atoms with Gasteiger partial charge in [0.25, 0.3) is 0 Å². The lowest BCUT2D eigenvalue weighted by Crippen LogP contribution is -1.96.